The molecule has 0 aliphatic heterocycles. The fourth-order valence-corrected chi connectivity index (χ4v) is 2.41. The van der Waals surface area contributed by atoms with E-state index >= 15 is 0 Å². The Bertz CT molecular complexity index is 718. The summed E-state index contributed by atoms with van der Waals surface area (Å²) in [6.07, 6.45) is 0.843. The van der Waals surface area contributed by atoms with Crippen molar-refractivity contribution in [2.45, 2.75) is 38.8 Å². The van der Waals surface area contributed by atoms with Gasteiger partial charge in [-0.2, -0.15) is 0 Å². The van der Waals surface area contributed by atoms with Crippen LogP contribution in [-0.4, -0.2) is 23.0 Å². The third kappa shape index (κ3) is 5.60. The largest absolute Gasteiger partial charge is 0.474 e. The first kappa shape index (κ1) is 18.4. The van der Waals surface area contributed by atoms with Crippen molar-refractivity contribution in [3.05, 3.63) is 70.3 Å². The quantitative estimate of drug-likeness (QED) is 0.588. The van der Waals surface area contributed by atoms with Crippen molar-refractivity contribution in [1.82, 2.24) is 5.32 Å². The smallest absolute Gasteiger partial charge is 0.310 e. The number of amides is 1. The number of ether oxygens (including phenoxy) is 1. The van der Waals surface area contributed by atoms with Crippen molar-refractivity contribution in [2.75, 3.05) is 0 Å². The van der Waals surface area contributed by atoms with Gasteiger partial charge in [0.05, 0.1) is 4.92 Å². The number of hydrogen-bond acceptors (Lipinski definition) is 4. The van der Waals surface area contributed by atoms with E-state index in [-0.39, 0.29) is 23.4 Å². The summed E-state index contributed by atoms with van der Waals surface area (Å²) in [5.74, 6) is -0.203. The Morgan fingerprint density at radius 2 is 1.76 bits per heavy atom. The molecule has 6 heteroatoms. The molecule has 1 N–H and O–H groups in total. The maximum absolute atomic E-state index is 12.2. The molecule has 2 aromatic carbocycles. The van der Waals surface area contributed by atoms with Crippen LogP contribution in [0.3, 0.4) is 0 Å². The molecule has 0 heterocycles. The molecule has 0 saturated heterocycles. The Morgan fingerprint density at radius 1 is 1.12 bits per heavy atom. The number of para-hydroxylation sites is 2. The number of nitrogens with one attached hydrogen (secondary N) is 1. The zero-order chi connectivity index (χ0) is 18.2. The van der Waals surface area contributed by atoms with E-state index in [9.17, 15) is 14.9 Å². The van der Waals surface area contributed by atoms with Crippen LogP contribution in [-0.2, 0) is 11.2 Å². The lowest BCUT2D eigenvalue weighted by Gasteiger charge is -2.18. The summed E-state index contributed by atoms with van der Waals surface area (Å²) < 4.78 is 5.48. The van der Waals surface area contributed by atoms with Crippen LogP contribution in [0.2, 0.25) is 0 Å². The van der Waals surface area contributed by atoms with Gasteiger partial charge >= 0.3 is 5.69 Å². The zero-order valence-electron chi connectivity index (χ0n) is 14.3. The zero-order valence-corrected chi connectivity index (χ0v) is 14.3. The molecule has 0 fully saturated rings. The molecule has 0 unspecified atom stereocenters. The first-order chi connectivity index (χ1) is 12.0. The fourth-order valence-electron chi connectivity index (χ4n) is 2.41. The highest BCUT2D eigenvalue weighted by Crippen LogP contribution is 2.26. The third-order valence-corrected chi connectivity index (χ3v) is 3.83. The molecule has 132 valence electrons. The van der Waals surface area contributed by atoms with Gasteiger partial charge in [-0.05, 0) is 38.3 Å². The number of nitro benzene ring substituents is 1. The van der Waals surface area contributed by atoms with Crippen LogP contribution in [0.1, 0.15) is 25.8 Å². The number of carbonyl (C=O) groups excluding carboxylic acids is 1. The van der Waals surface area contributed by atoms with Crippen LogP contribution >= 0.6 is 0 Å². The first-order valence-corrected chi connectivity index (χ1v) is 8.21. The Morgan fingerprint density at radius 3 is 2.44 bits per heavy atom. The minimum absolute atomic E-state index is 0.0236. The van der Waals surface area contributed by atoms with Crippen LogP contribution in [0.15, 0.2) is 54.6 Å². The molecule has 1 amide bonds. The second-order valence-corrected chi connectivity index (χ2v) is 5.92. The number of carbonyl (C=O) groups is 1. The number of hydrogen-bond donors (Lipinski definition) is 1. The van der Waals surface area contributed by atoms with Crippen molar-refractivity contribution in [3.63, 3.8) is 0 Å². The van der Waals surface area contributed by atoms with E-state index in [1.54, 1.807) is 19.1 Å². The molecule has 25 heavy (non-hydrogen) atoms. The van der Waals surface area contributed by atoms with Crippen molar-refractivity contribution in [2.24, 2.45) is 0 Å². The molecule has 0 radical (unpaired) electrons. The third-order valence-electron chi connectivity index (χ3n) is 3.83. The van der Waals surface area contributed by atoms with Gasteiger partial charge in [-0.3, -0.25) is 14.9 Å². The van der Waals surface area contributed by atoms with Gasteiger partial charge in [-0.1, -0.05) is 42.5 Å². The van der Waals surface area contributed by atoms with E-state index in [2.05, 4.69) is 17.4 Å². The van der Waals surface area contributed by atoms with Gasteiger partial charge in [-0.25, -0.2) is 0 Å². The monoisotopic (exact) mass is 342 g/mol. The van der Waals surface area contributed by atoms with Gasteiger partial charge in [0.25, 0.3) is 5.91 Å². The first-order valence-electron chi connectivity index (χ1n) is 8.21. The molecule has 2 rings (SSSR count). The molecular formula is C19H22N2O4. The second-order valence-electron chi connectivity index (χ2n) is 5.92. The van der Waals surface area contributed by atoms with Crippen LogP contribution in [0, 0.1) is 10.1 Å². The van der Waals surface area contributed by atoms with E-state index in [0.717, 1.165) is 12.8 Å². The topological polar surface area (TPSA) is 81.5 Å². The van der Waals surface area contributed by atoms with Crippen LogP contribution in [0.25, 0.3) is 0 Å². The number of nitrogens with zero attached hydrogens (tertiary/aromatic N) is 1. The highest BCUT2D eigenvalue weighted by atomic mass is 16.6. The molecule has 2 aromatic rings. The van der Waals surface area contributed by atoms with Gasteiger partial charge in [0.15, 0.2) is 11.9 Å². The summed E-state index contributed by atoms with van der Waals surface area (Å²) in [5.41, 5.74) is 1.06. The summed E-state index contributed by atoms with van der Waals surface area (Å²) in [5, 5.41) is 13.9. The van der Waals surface area contributed by atoms with Crippen LogP contribution < -0.4 is 10.1 Å². The SMILES string of the molecule is C[C@H](CCc1ccccc1)NC(=O)[C@@H](C)Oc1ccccc1[N+](=O)[O-]. The van der Waals surface area contributed by atoms with Gasteiger partial charge in [0.1, 0.15) is 0 Å². The van der Waals surface area contributed by atoms with E-state index in [1.165, 1.54) is 17.7 Å². The Hall–Kier alpha value is -2.89. The maximum atomic E-state index is 12.2. The molecule has 2 atom stereocenters. The van der Waals surface area contributed by atoms with E-state index < -0.39 is 11.0 Å². The average molecular weight is 342 g/mol. The molecule has 0 bridgehead atoms. The molecule has 0 aromatic heterocycles. The predicted octanol–water partition coefficient (Wildman–Crippen LogP) is 3.50. The number of benzene rings is 2. The minimum atomic E-state index is -0.819. The lowest BCUT2D eigenvalue weighted by Crippen LogP contribution is -2.41. The number of nitro groups is 1. The fraction of sp³-hybridized carbons (Fsp3) is 0.316. The number of aryl methyl sites for hydroxylation is 1. The van der Waals surface area contributed by atoms with Crippen molar-refractivity contribution >= 4 is 11.6 Å². The van der Waals surface area contributed by atoms with Gasteiger partial charge in [-0.15, -0.1) is 0 Å². The minimum Gasteiger partial charge on any atom is -0.474 e. The Labute approximate surface area is 147 Å². The predicted molar refractivity (Wildman–Crippen MR) is 95.6 cm³/mol. The normalized spacial score (nSPS) is 12.9. The highest BCUT2D eigenvalue weighted by Gasteiger charge is 2.21. The summed E-state index contributed by atoms with van der Waals surface area (Å²) >= 11 is 0. The average Bonchev–Trinajstić information content (AvgIpc) is 2.61. The standard InChI is InChI=1S/C19H22N2O4/c1-14(12-13-16-8-4-3-5-9-16)20-19(22)15(2)25-18-11-7-6-10-17(18)21(23)24/h3-11,14-15H,12-13H2,1-2H3,(H,20,22)/t14-,15-/m1/s1. The summed E-state index contributed by atoms with van der Waals surface area (Å²) in [4.78, 5) is 22.7. The molecule has 0 aliphatic carbocycles. The summed E-state index contributed by atoms with van der Waals surface area (Å²) in [6.45, 7) is 3.51. The lowest BCUT2D eigenvalue weighted by atomic mass is 10.1. The lowest BCUT2D eigenvalue weighted by molar-refractivity contribution is -0.386. The van der Waals surface area contributed by atoms with Crippen molar-refractivity contribution < 1.29 is 14.5 Å². The van der Waals surface area contributed by atoms with Crippen molar-refractivity contribution in [3.8, 4) is 5.75 Å². The van der Waals surface area contributed by atoms with E-state index in [4.69, 9.17) is 4.74 Å². The maximum Gasteiger partial charge on any atom is 0.310 e. The van der Waals surface area contributed by atoms with Gasteiger partial charge < -0.3 is 10.1 Å². The van der Waals surface area contributed by atoms with Crippen LogP contribution in [0.5, 0.6) is 5.75 Å². The second kappa shape index (κ2) is 8.82. The molecular weight excluding hydrogens is 320 g/mol. The van der Waals surface area contributed by atoms with Crippen LogP contribution in [0.4, 0.5) is 5.69 Å². The van der Waals surface area contributed by atoms with Gasteiger partial charge in [0.2, 0.25) is 0 Å². The van der Waals surface area contributed by atoms with Gasteiger partial charge in [0, 0.05) is 12.1 Å². The Balaban J connectivity index is 1.86. The van der Waals surface area contributed by atoms with E-state index in [1.807, 2.05) is 25.1 Å². The number of rotatable bonds is 8. The van der Waals surface area contributed by atoms with Crippen molar-refractivity contribution in [1.29, 1.82) is 0 Å². The van der Waals surface area contributed by atoms with E-state index in [0.29, 0.717) is 0 Å². The summed E-state index contributed by atoms with van der Waals surface area (Å²) in [6, 6.07) is 16.0. The molecule has 6 nitrogen and oxygen atoms in total. The highest BCUT2D eigenvalue weighted by molar-refractivity contribution is 5.81. The summed E-state index contributed by atoms with van der Waals surface area (Å²) in [7, 11) is 0. The molecule has 0 aliphatic rings. The molecule has 0 spiro atoms. The molecule has 0 saturated carbocycles. The Kier molecular flexibility index (Phi) is 6.51.